The largest absolute Gasteiger partial charge is 0.388 e. The summed E-state index contributed by atoms with van der Waals surface area (Å²) in [6, 6.07) is 4.99. The van der Waals surface area contributed by atoms with Crippen molar-refractivity contribution in [2.45, 2.75) is 19.8 Å². The Kier molecular flexibility index (Phi) is 4.44. The molecule has 2 rings (SSSR count). The molecule has 0 unspecified atom stereocenters. The van der Waals surface area contributed by atoms with Crippen LogP contribution in [0.15, 0.2) is 18.2 Å². The van der Waals surface area contributed by atoms with Gasteiger partial charge in [-0.1, -0.05) is 6.92 Å². The molecule has 0 aromatic heterocycles. The summed E-state index contributed by atoms with van der Waals surface area (Å²) in [6.45, 7) is 4.59. The number of nitrogens with zero attached hydrogens (tertiary/aromatic N) is 1. The fourth-order valence-corrected chi connectivity index (χ4v) is 2.32. The predicted molar refractivity (Wildman–Crippen MR) is 79.3 cm³/mol. The first-order valence-electron chi connectivity index (χ1n) is 6.81. The summed E-state index contributed by atoms with van der Waals surface area (Å²) in [5.41, 5.74) is 1.79. The lowest BCUT2D eigenvalue weighted by Crippen LogP contribution is -2.33. The summed E-state index contributed by atoms with van der Waals surface area (Å²) >= 11 is 0. The highest BCUT2D eigenvalue weighted by molar-refractivity contribution is 5.63. The summed E-state index contributed by atoms with van der Waals surface area (Å²) in [7, 11) is 1.75. The van der Waals surface area contributed by atoms with Crippen molar-refractivity contribution in [2.75, 3.05) is 37.4 Å². The molecule has 6 nitrogen and oxygen atoms in total. The van der Waals surface area contributed by atoms with E-state index in [0.717, 1.165) is 44.0 Å². The molecule has 0 aliphatic carbocycles. The van der Waals surface area contributed by atoms with Crippen LogP contribution >= 0.6 is 0 Å². The Morgan fingerprint density at radius 1 is 1.30 bits per heavy atom. The lowest BCUT2D eigenvalue weighted by molar-refractivity contribution is -0.384. The zero-order chi connectivity index (χ0) is 14.6. The third-order valence-corrected chi connectivity index (χ3v) is 3.84. The van der Waals surface area contributed by atoms with Gasteiger partial charge in [-0.05, 0) is 24.3 Å². The quantitative estimate of drug-likeness (QED) is 0.640. The smallest absolute Gasteiger partial charge is 0.273 e. The van der Waals surface area contributed by atoms with E-state index >= 15 is 0 Å². The standard InChI is InChI=1S/C14H21N3O3/c1-14(3-5-20-6-4-14)10-16-12-7-11(15-2)8-13(9-12)17(18)19/h7-9,15-16H,3-6,10H2,1-2H3. The van der Waals surface area contributed by atoms with Crippen LogP contribution in [0.3, 0.4) is 0 Å². The number of nitro groups is 1. The molecule has 0 spiro atoms. The van der Waals surface area contributed by atoms with E-state index in [2.05, 4.69) is 17.6 Å². The van der Waals surface area contributed by atoms with Crippen LogP contribution in [0.5, 0.6) is 0 Å². The molecule has 1 aliphatic rings. The van der Waals surface area contributed by atoms with Crippen LogP contribution < -0.4 is 10.6 Å². The maximum Gasteiger partial charge on any atom is 0.273 e. The van der Waals surface area contributed by atoms with Gasteiger partial charge >= 0.3 is 0 Å². The van der Waals surface area contributed by atoms with Crippen molar-refractivity contribution in [3.63, 3.8) is 0 Å². The number of ether oxygens (including phenoxy) is 1. The number of non-ortho nitro benzene ring substituents is 1. The molecule has 1 fully saturated rings. The van der Waals surface area contributed by atoms with E-state index in [9.17, 15) is 10.1 Å². The van der Waals surface area contributed by atoms with E-state index in [1.165, 1.54) is 6.07 Å². The number of benzene rings is 1. The topological polar surface area (TPSA) is 76.4 Å². The number of rotatable bonds is 5. The molecule has 1 aromatic rings. The Hall–Kier alpha value is -1.82. The zero-order valence-corrected chi connectivity index (χ0v) is 11.9. The molecule has 1 heterocycles. The van der Waals surface area contributed by atoms with E-state index < -0.39 is 0 Å². The minimum atomic E-state index is -0.373. The summed E-state index contributed by atoms with van der Waals surface area (Å²) < 4.78 is 5.38. The Bertz CT molecular complexity index is 485. The van der Waals surface area contributed by atoms with Crippen molar-refractivity contribution < 1.29 is 9.66 Å². The summed E-state index contributed by atoms with van der Waals surface area (Å²) in [6.07, 6.45) is 2.02. The van der Waals surface area contributed by atoms with Gasteiger partial charge in [-0.2, -0.15) is 0 Å². The molecule has 0 amide bonds. The van der Waals surface area contributed by atoms with Gasteiger partial charge in [0.1, 0.15) is 0 Å². The third-order valence-electron chi connectivity index (χ3n) is 3.84. The second kappa shape index (κ2) is 6.09. The van der Waals surface area contributed by atoms with Crippen LogP contribution in [-0.4, -0.2) is 31.7 Å². The Morgan fingerprint density at radius 2 is 1.95 bits per heavy atom. The van der Waals surface area contributed by atoms with Gasteiger partial charge in [0, 0.05) is 50.3 Å². The van der Waals surface area contributed by atoms with Crippen LogP contribution in [0.2, 0.25) is 0 Å². The van der Waals surface area contributed by atoms with E-state index in [0.29, 0.717) is 0 Å². The average molecular weight is 279 g/mol. The monoisotopic (exact) mass is 279 g/mol. The fraction of sp³-hybridized carbons (Fsp3) is 0.571. The van der Waals surface area contributed by atoms with Crippen molar-refractivity contribution in [1.29, 1.82) is 0 Å². The van der Waals surface area contributed by atoms with Crippen LogP contribution in [-0.2, 0) is 4.74 Å². The number of nitro benzene ring substituents is 1. The van der Waals surface area contributed by atoms with Gasteiger partial charge in [-0.25, -0.2) is 0 Å². The number of hydrogen-bond acceptors (Lipinski definition) is 5. The van der Waals surface area contributed by atoms with Crippen molar-refractivity contribution in [3.05, 3.63) is 28.3 Å². The van der Waals surface area contributed by atoms with Gasteiger partial charge in [0.2, 0.25) is 0 Å². The highest BCUT2D eigenvalue weighted by Gasteiger charge is 2.27. The molecule has 1 saturated heterocycles. The number of nitrogens with one attached hydrogen (secondary N) is 2. The van der Waals surface area contributed by atoms with Crippen molar-refractivity contribution >= 4 is 17.1 Å². The molecule has 20 heavy (non-hydrogen) atoms. The van der Waals surface area contributed by atoms with Gasteiger partial charge in [-0.15, -0.1) is 0 Å². The van der Waals surface area contributed by atoms with E-state index in [1.54, 1.807) is 13.1 Å². The first kappa shape index (κ1) is 14.6. The highest BCUT2D eigenvalue weighted by atomic mass is 16.6. The Balaban J connectivity index is 2.08. The van der Waals surface area contributed by atoms with Gasteiger partial charge < -0.3 is 15.4 Å². The number of anilines is 2. The fourth-order valence-electron chi connectivity index (χ4n) is 2.32. The van der Waals surface area contributed by atoms with E-state index in [4.69, 9.17) is 4.74 Å². The molecule has 6 heteroatoms. The molecule has 2 N–H and O–H groups in total. The van der Waals surface area contributed by atoms with E-state index in [1.807, 2.05) is 6.07 Å². The normalized spacial score (nSPS) is 17.5. The van der Waals surface area contributed by atoms with Gasteiger partial charge in [0.15, 0.2) is 0 Å². The molecule has 1 aliphatic heterocycles. The van der Waals surface area contributed by atoms with Crippen molar-refractivity contribution in [1.82, 2.24) is 0 Å². The predicted octanol–water partition coefficient (Wildman–Crippen LogP) is 2.87. The first-order chi connectivity index (χ1) is 9.52. The second-order valence-corrected chi connectivity index (χ2v) is 5.55. The van der Waals surface area contributed by atoms with Gasteiger partial charge in [0.25, 0.3) is 5.69 Å². The van der Waals surface area contributed by atoms with Gasteiger partial charge in [-0.3, -0.25) is 10.1 Å². The van der Waals surface area contributed by atoms with Crippen LogP contribution in [0.1, 0.15) is 19.8 Å². The lowest BCUT2D eigenvalue weighted by Gasteiger charge is -2.33. The second-order valence-electron chi connectivity index (χ2n) is 5.55. The summed E-state index contributed by atoms with van der Waals surface area (Å²) in [5, 5.41) is 17.2. The van der Waals surface area contributed by atoms with Crippen molar-refractivity contribution in [3.8, 4) is 0 Å². The molecule has 110 valence electrons. The van der Waals surface area contributed by atoms with Crippen LogP contribution in [0.25, 0.3) is 0 Å². The third kappa shape index (κ3) is 3.60. The zero-order valence-electron chi connectivity index (χ0n) is 11.9. The maximum absolute atomic E-state index is 10.9. The minimum absolute atomic E-state index is 0.0940. The van der Waals surface area contributed by atoms with E-state index in [-0.39, 0.29) is 16.0 Å². The summed E-state index contributed by atoms with van der Waals surface area (Å²) in [4.78, 5) is 10.6. The lowest BCUT2D eigenvalue weighted by atomic mass is 9.82. The molecule has 0 saturated carbocycles. The minimum Gasteiger partial charge on any atom is -0.388 e. The Morgan fingerprint density at radius 3 is 2.55 bits per heavy atom. The van der Waals surface area contributed by atoms with Gasteiger partial charge in [0.05, 0.1) is 4.92 Å². The first-order valence-corrected chi connectivity index (χ1v) is 6.81. The summed E-state index contributed by atoms with van der Waals surface area (Å²) in [5.74, 6) is 0. The van der Waals surface area contributed by atoms with Crippen LogP contribution in [0, 0.1) is 15.5 Å². The van der Waals surface area contributed by atoms with Crippen LogP contribution in [0.4, 0.5) is 17.1 Å². The Labute approximate surface area is 118 Å². The SMILES string of the molecule is CNc1cc(NCC2(C)CCOCC2)cc([N+](=O)[O-])c1. The number of hydrogen-bond donors (Lipinski definition) is 2. The average Bonchev–Trinajstić information content (AvgIpc) is 2.45. The molecular weight excluding hydrogens is 258 g/mol. The molecule has 0 radical (unpaired) electrons. The highest BCUT2D eigenvalue weighted by Crippen LogP contribution is 2.31. The molecular formula is C14H21N3O3. The molecule has 0 bridgehead atoms. The maximum atomic E-state index is 10.9. The molecule has 0 atom stereocenters. The molecule has 1 aromatic carbocycles. The van der Waals surface area contributed by atoms with Crippen molar-refractivity contribution in [2.24, 2.45) is 5.41 Å².